The third-order valence-electron chi connectivity index (χ3n) is 4.69. The molecule has 0 spiro atoms. The van der Waals surface area contributed by atoms with Crippen LogP contribution in [0.4, 0.5) is 5.69 Å². The van der Waals surface area contributed by atoms with Crippen LogP contribution in [0, 0.1) is 6.92 Å². The van der Waals surface area contributed by atoms with Gasteiger partial charge in [-0.25, -0.2) is 4.79 Å². The van der Waals surface area contributed by atoms with Crippen molar-refractivity contribution in [2.24, 2.45) is 0 Å². The molecule has 0 aliphatic rings. The number of ether oxygens (including phenoxy) is 2. The number of hydrogen-bond donors (Lipinski definition) is 2. The summed E-state index contributed by atoms with van der Waals surface area (Å²) in [4.78, 5) is 11.1. The number of rotatable bonds is 8. The Morgan fingerprint density at radius 2 is 1.93 bits per heavy atom. The highest BCUT2D eigenvalue weighted by Crippen LogP contribution is 2.37. The van der Waals surface area contributed by atoms with Crippen LogP contribution >= 0.6 is 27.5 Å². The second kappa shape index (κ2) is 9.87. The molecule has 5 nitrogen and oxygen atoms in total. The van der Waals surface area contributed by atoms with Crippen molar-refractivity contribution in [2.75, 3.05) is 12.4 Å². The van der Waals surface area contributed by atoms with Crippen molar-refractivity contribution in [1.29, 1.82) is 0 Å². The van der Waals surface area contributed by atoms with Crippen LogP contribution in [0.3, 0.4) is 0 Å². The first-order valence-electron chi connectivity index (χ1n) is 9.20. The summed E-state index contributed by atoms with van der Waals surface area (Å²) >= 11 is 9.66. The highest BCUT2D eigenvalue weighted by Gasteiger charge is 2.16. The number of methoxy groups -OCH3 is 1. The lowest BCUT2D eigenvalue weighted by Gasteiger charge is -2.18. The number of hydrogen-bond acceptors (Lipinski definition) is 4. The van der Waals surface area contributed by atoms with Gasteiger partial charge in [0, 0.05) is 22.3 Å². The minimum Gasteiger partial charge on any atom is -0.493 e. The molecule has 156 valence electrons. The second-order valence-corrected chi connectivity index (χ2v) is 7.89. The number of nitrogens with one attached hydrogen (secondary N) is 1. The Labute approximate surface area is 188 Å². The molecule has 0 unspecified atom stereocenters. The molecule has 2 N–H and O–H groups in total. The van der Waals surface area contributed by atoms with Gasteiger partial charge in [-0.1, -0.05) is 51.8 Å². The van der Waals surface area contributed by atoms with E-state index in [1.165, 1.54) is 6.07 Å². The number of aryl methyl sites for hydroxylation is 1. The number of aromatic carboxylic acids is 1. The molecule has 0 aromatic heterocycles. The van der Waals surface area contributed by atoms with Gasteiger partial charge in [-0.05, 0) is 48.4 Å². The molecule has 30 heavy (non-hydrogen) atoms. The standard InChI is InChI=1S/C23H21BrClNO4/c1-14-5-3-4-6-15(14)13-30-22-18(19(24)9-10-21(22)29-2)12-26-16-7-8-17(23(27)28)20(25)11-16/h3-11,26H,12-13H2,1-2H3,(H,27,28). The fourth-order valence-electron chi connectivity index (χ4n) is 2.98. The molecular weight excluding hydrogens is 470 g/mol. The van der Waals surface area contributed by atoms with Crippen LogP contribution in [0.5, 0.6) is 11.5 Å². The maximum atomic E-state index is 11.1. The maximum Gasteiger partial charge on any atom is 0.337 e. The number of carboxylic acid groups (broad SMARTS) is 1. The van der Waals surface area contributed by atoms with Crippen molar-refractivity contribution in [2.45, 2.75) is 20.1 Å². The van der Waals surface area contributed by atoms with Crippen LogP contribution in [-0.4, -0.2) is 18.2 Å². The Hall–Kier alpha value is -2.70. The summed E-state index contributed by atoms with van der Waals surface area (Å²) < 4.78 is 12.5. The number of carboxylic acids is 1. The van der Waals surface area contributed by atoms with Crippen LogP contribution < -0.4 is 14.8 Å². The summed E-state index contributed by atoms with van der Waals surface area (Å²) in [5.74, 6) is 0.202. The lowest BCUT2D eigenvalue weighted by Crippen LogP contribution is -2.07. The molecule has 0 amide bonds. The van der Waals surface area contributed by atoms with Crippen molar-refractivity contribution < 1.29 is 19.4 Å². The Bertz CT molecular complexity index is 1070. The van der Waals surface area contributed by atoms with E-state index in [-0.39, 0.29) is 10.6 Å². The van der Waals surface area contributed by atoms with Gasteiger partial charge in [0.2, 0.25) is 0 Å². The quantitative estimate of drug-likeness (QED) is 0.387. The molecule has 0 saturated carbocycles. The molecule has 3 rings (SSSR count). The van der Waals surface area contributed by atoms with Gasteiger partial charge in [0.1, 0.15) is 6.61 Å². The molecule has 0 bridgehead atoms. The van der Waals surface area contributed by atoms with Crippen LogP contribution in [0.15, 0.2) is 59.1 Å². The Morgan fingerprint density at radius 3 is 2.60 bits per heavy atom. The van der Waals surface area contributed by atoms with Crippen LogP contribution in [0.25, 0.3) is 0 Å². The van der Waals surface area contributed by atoms with Gasteiger partial charge in [-0.2, -0.15) is 0 Å². The zero-order valence-electron chi connectivity index (χ0n) is 16.5. The van der Waals surface area contributed by atoms with Crippen molar-refractivity contribution >= 4 is 39.2 Å². The van der Waals surface area contributed by atoms with Gasteiger partial charge in [0.05, 0.1) is 17.7 Å². The minimum absolute atomic E-state index is 0.0621. The fraction of sp³-hybridized carbons (Fsp3) is 0.174. The molecule has 7 heteroatoms. The fourth-order valence-corrected chi connectivity index (χ4v) is 3.69. The average Bonchev–Trinajstić information content (AvgIpc) is 2.72. The Kier molecular flexibility index (Phi) is 7.24. The van der Waals surface area contributed by atoms with Gasteiger partial charge in [0.25, 0.3) is 0 Å². The first-order chi connectivity index (χ1) is 14.4. The number of carbonyl (C=O) groups is 1. The number of anilines is 1. The third-order valence-corrected chi connectivity index (χ3v) is 5.74. The molecule has 3 aromatic carbocycles. The zero-order chi connectivity index (χ0) is 21.7. The van der Waals surface area contributed by atoms with Gasteiger partial charge < -0.3 is 19.9 Å². The van der Waals surface area contributed by atoms with E-state index >= 15 is 0 Å². The van der Waals surface area contributed by atoms with E-state index in [1.54, 1.807) is 19.2 Å². The first kappa shape index (κ1) is 22.0. The largest absolute Gasteiger partial charge is 0.493 e. The average molecular weight is 491 g/mol. The van der Waals surface area contributed by atoms with Crippen LogP contribution in [0.2, 0.25) is 5.02 Å². The lowest BCUT2D eigenvalue weighted by molar-refractivity contribution is 0.0697. The van der Waals surface area contributed by atoms with Gasteiger partial charge in [0.15, 0.2) is 11.5 Å². The van der Waals surface area contributed by atoms with Crippen LogP contribution in [-0.2, 0) is 13.2 Å². The van der Waals surface area contributed by atoms with Crippen molar-refractivity contribution in [1.82, 2.24) is 0 Å². The molecule has 3 aromatic rings. The predicted molar refractivity (Wildman–Crippen MR) is 122 cm³/mol. The van der Waals surface area contributed by atoms with E-state index in [9.17, 15) is 4.79 Å². The summed E-state index contributed by atoms with van der Waals surface area (Å²) in [5.41, 5.74) is 3.88. The predicted octanol–water partition coefficient (Wildman–Crippen LogP) is 6.31. The number of halogens is 2. The maximum absolute atomic E-state index is 11.1. The summed E-state index contributed by atoms with van der Waals surface area (Å²) in [6.07, 6.45) is 0. The summed E-state index contributed by atoms with van der Waals surface area (Å²) in [7, 11) is 1.60. The summed E-state index contributed by atoms with van der Waals surface area (Å²) in [6.45, 7) is 2.87. The van der Waals surface area contributed by atoms with Gasteiger partial charge >= 0.3 is 5.97 Å². The van der Waals surface area contributed by atoms with E-state index in [0.29, 0.717) is 30.3 Å². The first-order valence-corrected chi connectivity index (χ1v) is 10.4. The van der Waals surface area contributed by atoms with Gasteiger partial charge in [-0.15, -0.1) is 0 Å². The monoisotopic (exact) mass is 489 g/mol. The second-order valence-electron chi connectivity index (χ2n) is 6.63. The van der Waals surface area contributed by atoms with Crippen molar-refractivity contribution in [3.63, 3.8) is 0 Å². The van der Waals surface area contributed by atoms with E-state index in [0.717, 1.165) is 21.2 Å². The van der Waals surface area contributed by atoms with Crippen LogP contribution in [0.1, 0.15) is 27.0 Å². The smallest absolute Gasteiger partial charge is 0.337 e. The normalized spacial score (nSPS) is 10.5. The molecule has 0 atom stereocenters. The zero-order valence-corrected chi connectivity index (χ0v) is 18.9. The Morgan fingerprint density at radius 1 is 1.17 bits per heavy atom. The molecular formula is C23H21BrClNO4. The summed E-state index contributed by atoms with van der Waals surface area (Å²) in [6, 6.07) is 16.5. The topological polar surface area (TPSA) is 67.8 Å². The highest BCUT2D eigenvalue weighted by atomic mass is 79.9. The SMILES string of the molecule is COc1ccc(Br)c(CNc2ccc(C(=O)O)c(Cl)c2)c1OCc1ccccc1C. The molecule has 0 saturated heterocycles. The summed E-state index contributed by atoms with van der Waals surface area (Å²) in [5, 5.41) is 12.6. The van der Waals surface area contributed by atoms with Crippen molar-refractivity contribution in [3.8, 4) is 11.5 Å². The molecule has 0 fully saturated rings. The highest BCUT2D eigenvalue weighted by molar-refractivity contribution is 9.10. The molecule has 0 heterocycles. The molecule has 0 aliphatic heterocycles. The van der Waals surface area contributed by atoms with Crippen molar-refractivity contribution in [3.05, 3.63) is 86.3 Å². The Balaban J connectivity index is 1.84. The number of benzene rings is 3. The van der Waals surface area contributed by atoms with E-state index in [1.807, 2.05) is 43.3 Å². The van der Waals surface area contributed by atoms with E-state index < -0.39 is 5.97 Å². The minimum atomic E-state index is -1.06. The third kappa shape index (κ3) is 5.07. The molecule has 0 aliphatic carbocycles. The lowest BCUT2D eigenvalue weighted by atomic mass is 10.1. The van der Waals surface area contributed by atoms with E-state index in [4.69, 9.17) is 26.2 Å². The van der Waals surface area contributed by atoms with Gasteiger partial charge in [-0.3, -0.25) is 0 Å². The van der Waals surface area contributed by atoms with E-state index in [2.05, 4.69) is 21.2 Å². The molecule has 0 radical (unpaired) electrons.